The maximum atomic E-state index is 14.8. The summed E-state index contributed by atoms with van der Waals surface area (Å²) in [6, 6.07) is 22.6. The van der Waals surface area contributed by atoms with Gasteiger partial charge in [-0.3, -0.25) is 0 Å². The number of anilines is 2. The first-order valence-corrected chi connectivity index (χ1v) is 13.9. The van der Waals surface area contributed by atoms with Gasteiger partial charge in [0, 0.05) is 39.4 Å². The number of benzene rings is 4. The van der Waals surface area contributed by atoms with Crippen molar-refractivity contribution in [2.75, 3.05) is 5.32 Å². The molecule has 7 nitrogen and oxygen atoms in total. The molecule has 0 saturated carbocycles. The van der Waals surface area contributed by atoms with Gasteiger partial charge in [-0.25, -0.2) is 23.2 Å². The number of rotatable bonds is 3. The number of aromatic amines is 1. The summed E-state index contributed by atoms with van der Waals surface area (Å²) in [4.78, 5) is 13.4. The summed E-state index contributed by atoms with van der Waals surface area (Å²) in [5, 5.41) is 8.09. The van der Waals surface area contributed by atoms with E-state index in [9.17, 15) is 22.0 Å². The summed E-state index contributed by atoms with van der Waals surface area (Å²) in [5.41, 5.74) is 0.592. The van der Waals surface area contributed by atoms with Gasteiger partial charge < -0.3 is 24.0 Å². The van der Waals surface area contributed by atoms with Crippen LogP contribution in [0.3, 0.4) is 0 Å². The summed E-state index contributed by atoms with van der Waals surface area (Å²) >= 11 is 0. The maximum absolute atomic E-state index is 14.8. The Hall–Kier alpha value is -5.59. The molecule has 1 aliphatic rings. The molecule has 0 fully saturated rings. The number of nitrogens with zero attached hydrogens (tertiary/aromatic N) is 4. The van der Waals surface area contributed by atoms with Gasteiger partial charge in [-0.15, -0.1) is 0 Å². The van der Waals surface area contributed by atoms with Crippen molar-refractivity contribution in [2.24, 2.45) is 17.0 Å². The lowest BCUT2D eigenvalue weighted by Crippen LogP contribution is -2.43. The fraction of sp³-hybridized carbons (Fsp3) is 0.0625. The molecule has 0 saturated heterocycles. The van der Waals surface area contributed by atoms with Crippen molar-refractivity contribution >= 4 is 62.6 Å². The molecular formula is C32H20BF5N6O. The Kier molecular flexibility index (Phi) is 5.83. The molecule has 13 heteroatoms. The molecule has 3 aromatic heterocycles. The van der Waals surface area contributed by atoms with Gasteiger partial charge in [0.2, 0.25) is 29.1 Å². The highest BCUT2D eigenvalue weighted by molar-refractivity contribution is 6.49. The SMILES string of the molecule is CB(Oc1c(F)c(F)c(F)c(F)c1F)n1c2c3ccccc3c1=Nc1c3ccccc3c(n1C)Nc1[nH]c(c3ccccc13)N=2. The predicted octanol–water partition coefficient (Wildman–Crippen LogP) is 7.31. The van der Waals surface area contributed by atoms with E-state index < -0.39 is 41.9 Å². The number of aromatic nitrogens is 3. The molecule has 0 aliphatic carbocycles. The monoisotopic (exact) mass is 610 g/mol. The van der Waals surface area contributed by atoms with E-state index >= 15 is 0 Å². The molecule has 4 aromatic carbocycles. The molecule has 6 bridgehead atoms. The van der Waals surface area contributed by atoms with E-state index in [1.807, 2.05) is 72.3 Å². The Balaban J connectivity index is 1.53. The summed E-state index contributed by atoms with van der Waals surface area (Å²) in [7, 11) is 0.505. The summed E-state index contributed by atoms with van der Waals surface area (Å²) in [6.45, 7) is 1.43. The average Bonchev–Trinajstić information content (AvgIpc) is 3.66. The first kappa shape index (κ1) is 27.0. The predicted molar refractivity (Wildman–Crippen MR) is 162 cm³/mol. The van der Waals surface area contributed by atoms with Crippen molar-refractivity contribution in [3.63, 3.8) is 0 Å². The molecule has 222 valence electrons. The topological polar surface area (TPSA) is 71.6 Å². The number of hydrogen-bond acceptors (Lipinski definition) is 4. The number of hydrogen-bond donors (Lipinski definition) is 2. The van der Waals surface area contributed by atoms with Gasteiger partial charge >= 0.3 is 7.05 Å². The standard InChI is InChI=1S/C32H20BF5N6O/c1-33(45-26-24(37)22(35)21(34)23(36)25(26)38)44-31-19-13-7-8-14-20(19)32(44)42-30-18-12-6-5-11-17(18)29(43(30)2)40-27-15-9-3-4-10-16(15)28(39-27)41-31/h3-14,39-40H,1-2H3. The lowest BCUT2D eigenvalue weighted by atomic mass is 9.86. The van der Waals surface area contributed by atoms with Gasteiger partial charge in [0.25, 0.3) is 0 Å². The molecule has 0 amide bonds. The molecule has 0 radical (unpaired) electrons. The van der Waals surface area contributed by atoms with Crippen LogP contribution in [0, 0.1) is 29.1 Å². The highest BCUT2D eigenvalue weighted by Crippen LogP contribution is 2.40. The lowest BCUT2D eigenvalue weighted by molar-refractivity contribution is 0.347. The van der Waals surface area contributed by atoms with Crippen molar-refractivity contribution in [1.29, 1.82) is 0 Å². The van der Waals surface area contributed by atoms with E-state index in [1.54, 1.807) is 12.1 Å². The fourth-order valence-electron chi connectivity index (χ4n) is 6.03. The van der Waals surface area contributed by atoms with E-state index in [-0.39, 0.29) is 0 Å². The Labute approximate surface area is 251 Å². The van der Waals surface area contributed by atoms with Gasteiger partial charge in [0.05, 0.1) is 0 Å². The second kappa shape index (κ2) is 9.71. The summed E-state index contributed by atoms with van der Waals surface area (Å²) in [6.07, 6.45) is 0. The second-order valence-electron chi connectivity index (χ2n) is 10.7. The van der Waals surface area contributed by atoms with Crippen LogP contribution >= 0.6 is 0 Å². The minimum absolute atomic E-state index is 0.290. The molecule has 8 rings (SSSR count). The molecule has 7 aromatic rings. The van der Waals surface area contributed by atoms with Crippen LogP contribution in [0.25, 0.3) is 32.3 Å². The molecule has 0 atom stereocenters. The van der Waals surface area contributed by atoms with Crippen molar-refractivity contribution in [3.8, 4) is 5.75 Å². The third kappa shape index (κ3) is 3.82. The summed E-state index contributed by atoms with van der Waals surface area (Å²) in [5.74, 6) is -9.61. The van der Waals surface area contributed by atoms with Crippen LogP contribution in [0.4, 0.5) is 45.2 Å². The zero-order chi connectivity index (χ0) is 31.1. The number of H-pyrrole nitrogens is 1. The number of fused-ring (bicyclic) bond motifs is 15. The van der Waals surface area contributed by atoms with Crippen LogP contribution < -0.4 is 20.9 Å². The highest BCUT2D eigenvalue weighted by atomic mass is 19.2. The zero-order valence-electron chi connectivity index (χ0n) is 23.6. The minimum atomic E-state index is -2.27. The average molecular weight is 610 g/mol. The van der Waals surface area contributed by atoms with Crippen LogP contribution in [-0.2, 0) is 7.05 Å². The van der Waals surface area contributed by atoms with Crippen molar-refractivity contribution in [2.45, 2.75) is 6.82 Å². The van der Waals surface area contributed by atoms with Crippen LogP contribution in [0.5, 0.6) is 5.75 Å². The van der Waals surface area contributed by atoms with Crippen LogP contribution in [0.1, 0.15) is 0 Å². The van der Waals surface area contributed by atoms with E-state index in [2.05, 4.69) is 10.3 Å². The highest BCUT2D eigenvalue weighted by Gasteiger charge is 2.31. The Morgan fingerprint density at radius 1 is 0.644 bits per heavy atom. The maximum Gasteiger partial charge on any atom is 0.486 e. The van der Waals surface area contributed by atoms with E-state index in [4.69, 9.17) is 14.6 Å². The first-order valence-electron chi connectivity index (χ1n) is 13.9. The Morgan fingerprint density at radius 3 is 1.80 bits per heavy atom. The van der Waals surface area contributed by atoms with Gasteiger partial charge in [-0.05, 0) is 6.82 Å². The number of halogens is 5. The fourth-order valence-corrected chi connectivity index (χ4v) is 6.03. The van der Waals surface area contributed by atoms with E-state index in [0.29, 0.717) is 39.2 Å². The quantitative estimate of drug-likeness (QED) is 0.0954. The third-order valence-electron chi connectivity index (χ3n) is 8.13. The van der Waals surface area contributed by atoms with Crippen molar-refractivity contribution in [3.05, 3.63) is 113 Å². The second-order valence-corrected chi connectivity index (χ2v) is 10.7. The molecule has 2 N–H and O–H groups in total. The van der Waals surface area contributed by atoms with Gasteiger partial charge in [-0.2, -0.15) is 8.78 Å². The normalized spacial score (nSPS) is 12.4. The van der Waals surface area contributed by atoms with Gasteiger partial charge in [-0.1, -0.05) is 72.8 Å². The zero-order valence-corrected chi connectivity index (χ0v) is 23.6. The molecule has 0 unspecified atom stereocenters. The Morgan fingerprint density at radius 2 is 1.16 bits per heavy atom. The van der Waals surface area contributed by atoms with Gasteiger partial charge in [0.1, 0.15) is 34.2 Å². The van der Waals surface area contributed by atoms with E-state index in [0.717, 1.165) is 27.4 Å². The van der Waals surface area contributed by atoms with Crippen molar-refractivity contribution in [1.82, 2.24) is 14.0 Å². The van der Waals surface area contributed by atoms with Crippen LogP contribution in [-0.4, -0.2) is 21.1 Å². The minimum Gasteiger partial charge on any atom is -0.537 e. The van der Waals surface area contributed by atoms with Crippen LogP contribution in [0.2, 0.25) is 6.82 Å². The lowest BCUT2D eigenvalue weighted by Gasteiger charge is -2.16. The van der Waals surface area contributed by atoms with Gasteiger partial charge in [0.15, 0.2) is 5.75 Å². The molecule has 1 aliphatic heterocycles. The molecule has 0 spiro atoms. The van der Waals surface area contributed by atoms with Crippen LogP contribution in [0.15, 0.2) is 82.8 Å². The molecular weight excluding hydrogens is 590 g/mol. The molecule has 4 heterocycles. The first-order chi connectivity index (χ1) is 21.7. The van der Waals surface area contributed by atoms with Crippen molar-refractivity contribution < 1.29 is 26.6 Å². The van der Waals surface area contributed by atoms with E-state index in [1.165, 1.54) is 11.3 Å². The summed E-state index contributed by atoms with van der Waals surface area (Å²) < 4.78 is 80.8. The number of nitrogens with one attached hydrogen (secondary N) is 2. The largest absolute Gasteiger partial charge is 0.537 e. The third-order valence-corrected chi connectivity index (χ3v) is 8.13. The smallest absolute Gasteiger partial charge is 0.486 e. The molecule has 45 heavy (non-hydrogen) atoms. The Bertz CT molecular complexity index is 2470.